The summed E-state index contributed by atoms with van der Waals surface area (Å²) in [5, 5.41) is 2.43. The van der Waals surface area contributed by atoms with E-state index in [9.17, 15) is 18.0 Å². The molecule has 0 aliphatic rings. The second-order valence-electron chi connectivity index (χ2n) is 4.89. The highest BCUT2D eigenvalue weighted by molar-refractivity contribution is 7.19. The van der Waals surface area contributed by atoms with Crippen LogP contribution in [0.1, 0.15) is 21.2 Å². The fraction of sp³-hybridized carbons (Fsp3) is 0.214. The van der Waals surface area contributed by atoms with E-state index >= 15 is 0 Å². The summed E-state index contributed by atoms with van der Waals surface area (Å²) in [5.74, 6) is -1.82. The van der Waals surface area contributed by atoms with Gasteiger partial charge in [-0.25, -0.2) is 9.97 Å². The molecular weight excluding hydrogens is 347 g/mol. The molecule has 0 radical (unpaired) electrons. The zero-order valence-electron chi connectivity index (χ0n) is 12.0. The van der Waals surface area contributed by atoms with Crippen LogP contribution in [0.25, 0.3) is 10.2 Å². The third-order valence-electron chi connectivity index (χ3n) is 3.03. The first-order valence-corrected chi connectivity index (χ1v) is 8.11. The molecule has 0 amide bonds. The molecule has 9 heteroatoms. The molecule has 4 nitrogen and oxygen atoms in total. The van der Waals surface area contributed by atoms with E-state index in [2.05, 4.69) is 9.97 Å². The summed E-state index contributed by atoms with van der Waals surface area (Å²) < 4.78 is 39.2. The lowest BCUT2D eigenvalue weighted by atomic mass is 10.2. The number of aromatic nitrogens is 2. The molecule has 0 saturated carbocycles. The Morgan fingerprint density at radius 2 is 1.91 bits per heavy atom. The van der Waals surface area contributed by atoms with E-state index in [0.29, 0.717) is 9.58 Å². The molecule has 3 aromatic rings. The number of carbonyl (C=O) groups is 1. The molecule has 0 bridgehead atoms. The van der Waals surface area contributed by atoms with Gasteiger partial charge < -0.3 is 4.90 Å². The van der Waals surface area contributed by atoms with Gasteiger partial charge in [0, 0.05) is 14.1 Å². The van der Waals surface area contributed by atoms with E-state index in [0.717, 1.165) is 16.3 Å². The highest BCUT2D eigenvalue weighted by Crippen LogP contribution is 2.33. The van der Waals surface area contributed by atoms with Gasteiger partial charge in [-0.1, -0.05) is 0 Å². The van der Waals surface area contributed by atoms with Crippen molar-refractivity contribution in [1.82, 2.24) is 9.97 Å². The lowest BCUT2D eigenvalue weighted by molar-refractivity contribution is -0.144. The maximum Gasteiger partial charge on any atom is 0.451 e. The van der Waals surface area contributed by atoms with Gasteiger partial charge in [-0.05, 0) is 23.6 Å². The first-order valence-electron chi connectivity index (χ1n) is 6.41. The molecule has 0 spiro atoms. The van der Waals surface area contributed by atoms with Crippen LogP contribution in [0.5, 0.6) is 0 Å². The molecule has 0 unspecified atom stereocenters. The van der Waals surface area contributed by atoms with Gasteiger partial charge in [0.05, 0.1) is 20.1 Å². The number of ketones is 1. The SMILES string of the molecule is CN(C)c1ccc(C(=O)c2nc(C(F)(F)F)nc3ccsc23)s1. The Bertz CT molecular complexity index is 883. The molecule has 0 fully saturated rings. The van der Waals surface area contributed by atoms with Crippen LogP contribution < -0.4 is 4.90 Å². The summed E-state index contributed by atoms with van der Waals surface area (Å²) in [6.07, 6.45) is -4.70. The van der Waals surface area contributed by atoms with Crippen molar-refractivity contribution in [2.75, 3.05) is 19.0 Å². The van der Waals surface area contributed by atoms with E-state index in [1.165, 1.54) is 17.4 Å². The average molecular weight is 357 g/mol. The summed E-state index contributed by atoms with van der Waals surface area (Å²) in [6, 6.07) is 4.79. The zero-order valence-corrected chi connectivity index (χ0v) is 13.6. The zero-order chi connectivity index (χ0) is 16.8. The van der Waals surface area contributed by atoms with E-state index in [1.54, 1.807) is 17.5 Å². The first-order chi connectivity index (χ1) is 10.8. The van der Waals surface area contributed by atoms with Crippen LogP contribution in [0, 0.1) is 0 Å². The van der Waals surface area contributed by atoms with Crippen molar-refractivity contribution in [3.63, 3.8) is 0 Å². The summed E-state index contributed by atoms with van der Waals surface area (Å²) in [4.78, 5) is 21.8. The smallest absolute Gasteiger partial charge is 0.370 e. The second kappa shape index (κ2) is 5.57. The van der Waals surface area contributed by atoms with Gasteiger partial charge in [-0.3, -0.25) is 4.79 Å². The summed E-state index contributed by atoms with van der Waals surface area (Å²) >= 11 is 2.36. The van der Waals surface area contributed by atoms with Crippen LogP contribution in [0.15, 0.2) is 23.6 Å². The third kappa shape index (κ3) is 2.93. The highest BCUT2D eigenvalue weighted by atomic mass is 32.1. The number of alkyl halides is 3. The molecule has 3 heterocycles. The van der Waals surface area contributed by atoms with Crippen molar-refractivity contribution in [2.45, 2.75) is 6.18 Å². The Morgan fingerprint density at radius 3 is 2.52 bits per heavy atom. The molecule has 0 aromatic carbocycles. The van der Waals surface area contributed by atoms with Crippen LogP contribution in [-0.2, 0) is 6.18 Å². The Balaban J connectivity index is 2.13. The van der Waals surface area contributed by atoms with Crippen molar-refractivity contribution in [3.8, 4) is 0 Å². The number of nitrogens with zero attached hydrogens (tertiary/aromatic N) is 3. The van der Waals surface area contributed by atoms with Gasteiger partial charge >= 0.3 is 6.18 Å². The van der Waals surface area contributed by atoms with Crippen molar-refractivity contribution < 1.29 is 18.0 Å². The van der Waals surface area contributed by atoms with Crippen LogP contribution in [0.2, 0.25) is 0 Å². The molecule has 23 heavy (non-hydrogen) atoms. The minimum Gasteiger partial charge on any atom is -0.370 e. The van der Waals surface area contributed by atoms with Crippen LogP contribution in [0.3, 0.4) is 0 Å². The van der Waals surface area contributed by atoms with Gasteiger partial charge in [0.1, 0.15) is 5.69 Å². The van der Waals surface area contributed by atoms with E-state index in [-0.39, 0.29) is 11.2 Å². The maximum absolute atomic E-state index is 12.9. The predicted octanol–water partition coefficient (Wildman–Crippen LogP) is 4.07. The fourth-order valence-corrected chi connectivity index (χ4v) is 3.64. The van der Waals surface area contributed by atoms with Crippen molar-refractivity contribution in [2.24, 2.45) is 0 Å². The van der Waals surface area contributed by atoms with Crippen LogP contribution in [-0.4, -0.2) is 29.8 Å². The van der Waals surface area contributed by atoms with Crippen molar-refractivity contribution in [3.05, 3.63) is 40.0 Å². The minimum absolute atomic E-state index is 0.130. The molecular formula is C14H10F3N3OS2. The summed E-state index contributed by atoms with van der Waals surface area (Å²) in [5.41, 5.74) is -0.0745. The molecule has 0 aliphatic carbocycles. The number of rotatable bonds is 3. The lowest BCUT2D eigenvalue weighted by Crippen LogP contribution is -2.14. The molecule has 0 atom stereocenters. The van der Waals surface area contributed by atoms with Crippen LogP contribution in [0.4, 0.5) is 18.2 Å². The first kappa shape index (κ1) is 15.9. The minimum atomic E-state index is -4.70. The van der Waals surface area contributed by atoms with Crippen LogP contribution >= 0.6 is 22.7 Å². The Labute approximate surface area is 137 Å². The quantitative estimate of drug-likeness (QED) is 0.663. The predicted molar refractivity (Wildman–Crippen MR) is 84.5 cm³/mol. The highest BCUT2D eigenvalue weighted by Gasteiger charge is 2.36. The topological polar surface area (TPSA) is 46.1 Å². The van der Waals surface area contributed by atoms with E-state index in [4.69, 9.17) is 0 Å². The van der Waals surface area contributed by atoms with Crippen molar-refractivity contribution in [1.29, 1.82) is 0 Å². The summed E-state index contributed by atoms with van der Waals surface area (Å²) in [6.45, 7) is 0. The molecule has 3 aromatic heterocycles. The maximum atomic E-state index is 12.9. The van der Waals surface area contributed by atoms with E-state index < -0.39 is 17.8 Å². The monoisotopic (exact) mass is 357 g/mol. The standard InChI is InChI=1S/C14H10F3N3OS2/c1-20(2)9-4-3-8(23-9)11(21)10-12-7(5-6-22-12)18-13(19-10)14(15,16)17/h3-6H,1-2H3. The number of halogens is 3. The molecule has 3 rings (SSSR count). The van der Waals surface area contributed by atoms with Crippen molar-refractivity contribution >= 4 is 43.7 Å². The molecule has 0 aliphatic heterocycles. The normalized spacial score (nSPS) is 11.9. The average Bonchev–Trinajstić information content (AvgIpc) is 3.13. The number of hydrogen-bond donors (Lipinski definition) is 0. The Morgan fingerprint density at radius 1 is 1.17 bits per heavy atom. The van der Waals surface area contributed by atoms with Gasteiger partial charge in [0.25, 0.3) is 0 Å². The number of carbonyl (C=O) groups excluding carboxylic acids is 1. The summed E-state index contributed by atoms with van der Waals surface area (Å²) in [7, 11) is 3.65. The van der Waals surface area contributed by atoms with Gasteiger partial charge in [0.2, 0.25) is 11.6 Å². The second-order valence-corrected chi connectivity index (χ2v) is 6.87. The Hall–Kier alpha value is -2.00. The van der Waals surface area contributed by atoms with Gasteiger partial charge in [-0.15, -0.1) is 22.7 Å². The molecule has 120 valence electrons. The molecule has 0 N–H and O–H groups in total. The fourth-order valence-electron chi connectivity index (χ4n) is 1.95. The van der Waals surface area contributed by atoms with E-state index in [1.807, 2.05) is 19.0 Å². The number of anilines is 1. The van der Waals surface area contributed by atoms with Gasteiger partial charge in [0.15, 0.2) is 0 Å². The number of thiophene rings is 2. The largest absolute Gasteiger partial charge is 0.451 e. The van der Waals surface area contributed by atoms with Gasteiger partial charge in [-0.2, -0.15) is 13.2 Å². The third-order valence-corrected chi connectivity index (χ3v) is 5.19. The Kier molecular flexibility index (Phi) is 3.85. The number of fused-ring (bicyclic) bond motifs is 1. The lowest BCUT2D eigenvalue weighted by Gasteiger charge is -2.08. The molecule has 0 saturated heterocycles. The number of hydrogen-bond acceptors (Lipinski definition) is 6.